The standard InChI is InChI=1S/C16H19N3O2/c17-16(6-9-21-10-7-16)15(20)19-11-14-13-4-2-1-3-12(13)5-8-18-14/h1-5,8H,6-7,9-11,17H2,(H,19,20). The van der Waals surface area contributed by atoms with E-state index in [1.807, 2.05) is 30.3 Å². The Morgan fingerprint density at radius 3 is 2.86 bits per heavy atom. The number of nitrogens with two attached hydrogens (primary N) is 1. The number of rotatable bonds is 3. The lowest BCUT2D eigenvalue weighted by Gasteiger charge is -2.31. The lowest BCUT2D eigenvalue weighted by Crippen LogP contribution is -2.56. The zero-order chi connectivity index (χ0) is 14.7. The van der Waals surface area contributed by atoms with Crippen molar-refractivity contribution >= 4 is 16.7 Å². The average molecular weight is 285 g/mol. The Labute approximate surface area is 123 Å². The third kappa shape index (κ3) is 2.89. The van der Waals surface area contributed by atoms with Crippen LogP contribution in [0.1, 0.15) is 18.5 Å². The highest BCUT2D eigenvalue weighted by Gasteiger charge is 2.35. The van der Waals surface area contributed by atoms with Gasteiger partial charge < -0.3 is 15.8 Å². The number of carbonyl (C=O) groups excluding carboxylic acids is 1. The van der Waals surface area contributed by atoms with Crippen LogP contribution in [0.15, 0.2) is 36.5 Å². The Morgan fingerprint density at radius 2 is 2.05 bits per heavy atom. The molecule has 0 saturated carbocycles. The fraction of sp³-hybridized carbons (Fsp3) is 0.375. The van der Waals surface area contributed by atoms with Crippen LogP contribution < -0.4 is 11.1 Å². The number of nitrogens with zero attached hydrogens (tertiary/aromatic N) is 1. The maximum absolute atomic E-state index is 12.3. The van der Waals surface area contributed by atoms with Crippen molar-refractivity contribution in [1.29, 1.82) is 0 Å². The maximum Gasteiger partial charge on any atom is 0.240 e. The zero-order valence-electron chi connectivity index (χ0n) is 11.8. The summed E-state index contributed by atoms with van der Waals surface area (Å²) in [5.41, 5.74) is 6.21. The molecule has 1 aliphatic heterocycles. The molecule has 2 aromatic rings. The number of ether oxygens (including phenoxy) is 1. The van der Waals surface area contributed by atoms with Crippen molar-refractivity contribution < 1.29 is 9.53 Å². The van der Waals surface area contributed by atoms with Gasteiger partial charge in [-0.1, -0.05) is 24.3 Å². The Bertz CT molecular complexity index is 646. The van der Waals surface area contributed by atoms with E-state index in [4.69, 9.17) is 10.5 Å². The molecule has 0 unspecified atom stereocenters. The molecule has 21 heavy (non-hydrogen) atoms. The number of amides is 1. The molecule has 0 radical (unpaired) electrons. The van der Waals surface area contributed by atoms with E-state index in [9.17, 15) is 4.79 Å². The monoisotopic (exact) mass is 285 g/mol. The minimum atomic E-state index is -0.817. The van der Waals surface area contributed by atoms with Crippen LogP contribution in [-0.4, -0.2) is 29.6 Å². The summed E-state index contributed by atoms with van der Waals surface area (Å²) in [6, 6.07) is 9.96. The molecule has 5 nitrogen and oxygen atoms in total. The van der Waals surface area contributed by atoms with Crippen LogP contribution in [-0.2, 0) is 16.1 Å². The van der Waals surface area contributed by atoms with Gasteiger partial charge in [-0.25, -0.2) is 0 Å². The van der Waals surface area contributed by atoms with Crippen molar-refractivity contribution in [3.8, 4) is 0 Å². The molecule has 1 aliphatic rings. The van der Waals surface area contributed by atoms with E-state index in [1.165, 1.54) is 0 Å². The van der Waals surface area contributed by atoms with Crippen LogP contribution >= 0.6 is 0 Å². The zero-order valence-corrected chi connectivity index (χ0v) is 11.8. The second kappa shape index (κ2) is 5.79. The van der Waals surface area contributed by atoms with Crippen molar-refractivity contribution in [3.05, 3.63) is 42.2 Å². The van der Waals surface area contributed by atoms with Gasteiger partial charge in [0.25, 0.3) is 0 Å². The smallest absolute Gasteiger partial charge is 0.240 e. The highest BCUT2D eigenvalue weighted by atomic mass is 16.5. The molecule has 1 fully saturated rings. The fourth-order valence-corrected chi connectivity index (χ4v) is 2.63. The molecule has 1 amide bonds. The average Bonchev–Trinajstić information content (AvgIpc) is 2.53. The first-order valence-corrected chi connectivity index (χ1v) is 7.17. The number of fused-ring (bicyclic) bond motifs is 1. The topological polar surface area (TPSA) is 77.2 Å². The van der Waals surface area contributed by atoms with Gasteiger partial charge in [0, 0.05) is 24.8 Å². The predicted octanol–water partition coefficient (Wildman–Crippen LogP) is 1.36. The molecule has 0 aliphatic carbocycles. The number of hydrogen-bond acceptors (Lipinski definition) is 4. The first-order valence-electron chi connectivity index (χ1n) is 7.17. The second-order valence-corrected chi connectivity index (χ2v) is 5.43. The van der Waals surface area contributed by atoms with Gasteiger partial charge in [-0.15, -0.1) is 0 Å². The quantitative estimate of drug-likeness (QED) is 0.892. The summed E-state index contributed by atoms with van der Waals surface area (Å²) in [4.78, 5) is 16.7. The number of pyridine rings is 1. The van der Waals surface area contributed by atoms with Crippen molar-refractivity contribution in [3.63, 3.8) is 0 Å². The summed E-state index contributed by atoms with van der Waals surface area (Å²) in [6.07, 6.45) is 2.88. The first kappa shape index (κ1) is 14.0. The summed E-state index contributed by atoms with van der Waals surface area (Å²) in [7, 11) is 0. The molecule has 1 aromatic carbocycles. The van der Waals surface area contributed by atoms with E-state index in [-0.39, 0.29) is 5.91 Å². The van der Waals surface area contributed by atoms with E-state index in [1.54, 1.807) is 6.20 Å². The summed E-state index contributed by atoms with van der Waals surface area (Å²) in [5.74, 6) is -0.125. The second-order valence-electron chi connectivity index (χ2n) is 5.43. The minimum absolute atomic E-state index is 0.125. The van der Waals surface area contributed by atoms with Gasteiger partial charge in [0.15, 0.2) is 0 Å². The fourth-order valence-electron chi connectivity index (χ4n) is 2.63. The van der Waals surface area contributed by atoms with Crippen molar-refractivity contribution in [2.75, 3.05) is 13.2 Å². The highest BCUT2D eigenvalue weighted by Crippen LogP contribution is 2.19. The molecule has 0 bridgehead atoms. The molecule has 0 spiro atoms. The van der Waals surface area contributed by atoms with Crippen LogP contribution in [0, 0.1) is 0 Å². The van der Waals surface area contributed by atoms with Crippen LogP contribution in [0.5, 0.6) is 0 Å². The van der Waals surface area contributed by atoms with Gasteiger partial charge >= 0.3 is 0 Å². The molecule has 2 heterocycles. The number of benzene rings is 1. The van der Waals surface area contributed by atoms with Crippen molar-refractivity contribution in [2.45, 2.75) is 24.9 Å². The van der Waals surface area contributed by atoms with Gasteiger partial charge in [-0.05, 0) is 24.3 Å². The molecule has 0 atom stereocenters. The van der Waals surface area contributed by atoms with Gasteiger partial charge in [0.1, 0.15) is 0 Å². The highest BCUT2D eigenvalue weighted by molar-refractivity contribution is 5.87. The van der Waals surface area contributed by atoms with Crippen LogP contribution in [0.4, 0.5) is 0 Å². The molecule has 1 saturated heterocycles. The van der Waals surface area contributed by atoms with Crippen LogP contribution in [0.25, 0.3) is 10.8 Å². The number of hydrogen-bond donors (Lipinski definition) is 2. The molecular weight excluding hydrogens is 266 g/mol. The summed E-state index contributed by atoms with van der Waals surface area (Å²) in [5, 5.41) is 5.09. The summed E-state index contributed by atoms with van der Waals surface area (Å²) in [6.45, 7) is 1.47. The van der Waals surface area contributed by atoms with Crippen LogP contribution in [0.2, 0.25) is 0 Å². The number of aromatic nitrogens is 1. The minimum Gasteiger partial charge on any atom is -0.381 e. The van der Waals surface area contributed by atoms with E-state index in [2.05, 4.69) is 10.3 Å². The molecule has 5 heteroatoms. The Hall–Kier alpha value is -1.98. The van der Waals surface area contributed by atoms with Gasteiger partial charge in [0.2, 0.25) is 5.91 Å². The van der Waals surface area contributed by atoms with Crippen LogP contribution in [0.3, 0.4) is 0 Å². The largest absolute Gasteiger partial charge is 0.381 e. The summed E-state index contributed by atoms with van der Waals surface area (Å²) < 4.78 is 5.26. The van der Waals surface area contributed by atoms with Crippen molar-refractivity contribution in [1.82, 2.24) is 10.3 Å². The molecular formula is C16H19N3O2. The first-order chi connectivity index (χ1) is 10.2. The van der Waals surface area contributed by atoms with E-state index >= 15 is 0 Å². The molecule has 1 aromatic heterocycles. The normalized spacial score (nSPS) is 17.6. The predicted molar refractivity (Wildman–Crippen MR) is 80.6 cm³/mol. The third-order valence-electron chi connectivity index (χ3n) is 4.01. The lowest BCUT2D eigenvalue weighted by atomic mass is 9.90. The Balaban J connectivity index is 1.73. The molecule has 110 valence electrons. The van der Waals surface area contributed by atoms with E-state index in [0.29, 0.717) is 32.6 Å². The van der Waals surface area contributed by atoms with Gasteiger partial charge in [0.05, 0.1) is 17.8 Å². The molecule has 3 N–H and O–H groups in total. The third-order valence-corrected chi connectivity index (χ3v) is 4.01. The number of nitrogens with one attached hydrogen (secondary N) is 1. The lowest BCUT2D eigenvalue weighted by molar-refractivity contribution is -0.129. The van der Waals surface area contributed by atoms with Gasteiger partial charge in [-0.3, -0.25) is 9.78 Å². The molecule has 3 rings (SSSR count). The van der Waals surface area contributed by atoms with Gasteiger partial charge in [-0.2, -0.15) is 0 Å². The number of carbonyl (C=O) groups is 1. The Morgan fingerprint density at radius 1 is 1.29 bits per heavy atom. The van der Waals surface area contributed by atoms with E-state index in [0.717, 1.165) is 16.5 Å². The SMILES string of the molecule is NC1(C(=O)NCc2nccc3ccccc23)CCOCC1. The summed E-state index contributed by atoms with van der Waals surface area (Å²) >= 11 is 0. The van der Waals surface area contributed by atoms with E-state index < -0.39 is 5.54 Å². The Kier molecular flexibility index (Phi) is 3.86. The van der Waals surface area contributed by atoms with Crippen molar-refractivity contribution in [2.24, 2.45) is 5.73 Å². The maximum atomic E-state index is 12.3.